The molecule has 1 aliphatic rings. The molecule has 2 nitrogen and oxygen atoms in total. The molecule has 0 aromatic rings. The number of allylic oxidation sites excluding steroid dienone is 2. The summed E-state index contributed by atoms with van der Waals surface area (Å²) in [7, 11) is 0. The van der Waals surface area contributed by atoms with Gasteiger partial charge in [0.2, 0.25) is 0 Å². The zero-order valence-corrected chi connectivity index (χ0v) is 4.91. The summed E-state index contributed by atoms with van der Waals surface area (Å²) in [5.41, 5.74) is 0. The van der Waals surface area contributed by atoms with E-state index in [9.17, 15) is 0 Å². The molecule has 0 N–H and O–H groups in total. The first kappa shape index (κ1) is 5.85. The quantitative estimate of drug-likeness (QED) is 0.449. The number of hydrogen-bond donors (Lipinski definition) is 0. The molecule has 1 rings (SSSR count). The summed E-state index contributed by atoms with van der Waals surface area (Å²) in [6.45, 7) is 0. The molecule has 0 saturated heterocycles. The molecule has 2 heteroatoms. The topological polar surface area (TPSA) is 47.6 Å². The molecule has 0 fully saturated rings. The van der Waals surface area contributed by atoms with Gasteiger partial charge in [0.25, 0.3) is 0 Å². The molecule has 0 heterocycles. The summed E-state index contributed by atoms with van der Waals surface area (Å²) in [6.07, 6.45) is 4.43. The molecule has 0 radical (unpaired) electrons. The first-order chi connectivity index (χ1) is 4.38. The molecule has 0 aliphatic heterocycles. The molecule has 0 aromatic heterocycles. The Kier molecular flexibility index (Phi) is 1.51. The van der Waals surface area contributed by atoms with Gasteiger partial charge in [-0.25, -0.2) is 0 Å². The van der Waals surface area contributed by atoms with Crippen LogP contribution in [0.15, 0.2) is 12.2 Å². The lowest BCUT2D eigenvalue weighted by Crippen LogP contribution is -2.01. The third-order valence-electron chi connectivity index (χ3n) is 1.48. The Morgan fingerprint density at radius 1 is 1.33 bits per heavy atom. The van der Waals surface area contributed by atoms with Crippen molar-refractivity contribution in [2.75, 3.05) is 0 Å². The highest BCUT2D eigenvalue weighted by Gasteiger charge is 2.21. The van der Waals surface area contributed by atoms with Gasteiger partial charge in [-0.05, 0) is 6.42 Å². The summed E-state index contributed by atoms with van der Waals surface area (Å²) >= 11 is 0. The van der Waals surface area contributed by atoms with Crippen molar-refractivity contribution in [1.29, 1.82) is 10.5 Å². The number of nitrogens with zero attached hydrogens (tertiary/aromatic N) is 2. The Hall–Kier alpha value is -1.28. The molecule has 44 valence electrons. The number of nitriles is 2. The second kappa shape index (κ2) is 2.33. The van der Waals surface area contributed by atoms with E-state index >= 15 is 0 Å². The first-order valence-electron chi connectivity index (χ1n) is 2.84. The van der Waals surface area contributed by atoms with Crippen molar-refractivity contribution in [3.05, 3.63) is 12.2 Å². The highest BCUT2D eigenvalue weighted by atomic mass is 14.3. The molecular weight excluding hydrogens is 112 g/mol. The van der Waals surface area contributed by atoms with E-state index in [4.69, 9.17) is 10.5 Å². The molecule has 0 bridgehead atoms. The molecule has 2 unspecified atom stereocenters. The zero-order valence-electron chi connectivity index (χ0n) is 4.91. The summed E-state index contributed by atoms with van der Waals surface area (Å²) < 4.78 is 0. The Bertz CT molecular complexity index is 204. The molecule has 9 heavy (non-hydrogen) atoms. The van der Waals surface area contributed by atoms with Crippen LogP contribution in [-0.4, -0.2) is 0 Å². The third-order valence-corrected chi connectivity index (χ3v) is 1.48. The van der Waals surface area contributed by atoms with Gasteiger partial charge in [0.05, 0.1) is 24.0 Å². The minimum atomic E-state index is -0.157. The molecule has 0 spiro atoms. The molecule has 0 saturated carbocycles. The second-order valence-corrected chi connectivity index (χ2v) is 2.05. The SMILES string of the molecule is N#CC1C=CCC1C#N. The minimum absolute atomic E-state index is 0.0880. The fourth-order valence-electron chi connectivity index (χ4n) is 0.919. The fourth-order valence-corrected chi connectivity index (χ4v) is 0.919. The van der Waals surface area contributed by atoms with Crippen molar-refractivity contribution in [3.63, 3.8) is 0 Å². The van der Waals surface area contributed by atoms with Crippen molar-refractivity contribution >= 4 is 0 Å². The van der Waals surface area contributed by atoms with Gasteiger partial charge in [-0.3, -0.25) is 0 Å². The van der Waals surface area contributed by atoms with Crippen LogP contribution in [0, 0.1) is 34.5 Å². The molecule has 1 aliphatic carbocycles. The van der Waals surface area contributed by atoms with Crippen molar-refractivity contribution in [2.45, 2.75) is 6.42 Å². The third kappa shape index (κ3) is 0.925. The lowest BCUT2D eigenvalue weighted by molar-refractivity contribution is 0.627. The van der Waals surface area contributed by atoms with Crippen molar-refractivity contribution < 1.29 is 0 Å². The van der Waals surface area contributed by atoms with Gasteiger partial charge in [-0.15, -0.1) is 0 Å². The highest BCUT2D eigenvalue weighted by molar-refractivity contribution is 5.15. The smallest absolute Gasteiger partial charge is 0.0804 e. The van der Waals surface area contributed by atoms with Gasteiger partial charge in [-0.2, -0.15) is 10.5 Å². The van der Waals surface area contributed by atoms with Crippen LogP contribution in [0.4, 0.5) is 0 Å². The van der Waals surface area contributed by atoms with Crippen molar-refractivity contribution in [2.24, 2.45) is 11.8 Å². The predicted molar refractivity (Wildman–Crippen MR) is 32.0 cm³/mol. The molecule has 2 atom stereocenters. The molecule has 0 aromatic carbocycles. The van der Waals surface area contributed by atoms with Crippen LogP contribution < -0.4 is 0 Å². The van der Waals surface area contributed by atoms with E-state index in [0.29, 0.717) is 0 Å². The van der Waals surface area contributed by atoms with Gasteiger partial charge in [0, 0.05) is 0 Å². The number of hydrogen-bond acceptors (Lipinski definition) is 2. The average Bonchev–Trinajstić information content (AvgIpc) is 2.33. The predicted octanol–water partition coefficient (Wildman–Crippen LogP) is 1.23. The van der Waals surface area contributed by atoms with Crippen molar-refractivity contribution in [1.82, 2.24) is 0 Å². The summed E-state index contributed by atoms with van der Waals surface area (Å²) in [5.74, 6) is -0.245. The Morgan fingerprint density at radius 2 is 2.11 bits per heavy atom. The average molecular weight is 118 g/mol. The van der Waals surface area contributed by atoms with E-state index in [2.05, 4.69) is 12.1 Å². The van der Waals surface area contributed by atoms with Gasteiger partial charge < -0.3 is 0 Å². The summed E-state index contributed by atoms with van der Waals surface area (Å²) in [4.78, 5) is 0. The maximum absolute atomic E-state index is 8.43. The lowest BCUT2D eigenvalue weighted by Gasteiger charge is -1.98. The highest BCUT2D eigenvalue weighted by Crippen LogP contribution is 2.22. The van der Waals surface area contributed by atoms with Crippen LogP contribution in [0.3, 0.4) is 0 Å². The van der Waals surface area contributed by atoms with E-state index < -0.39 is 0 Å². The first-order valence-corrected chi connectivity index (χ1v) is 2.84. The standard InChI is InChI=1S/C7H6N2/c8-4-6-2-1-3-7(6)5-9/h1-2,6-7H,3H2. The van der Waals surface area contributed by atoms with Crippen LogP contribution in [0.5, 0.6) is 0 Å². The Labute approximate surface area is 54.0 Å². The van der Waals surface area contributed by atoms with Crippen molar-refractivity contribution in [3.8, 4) is 12.1 Å². The largest absolute Gasteiger partial charge is 0.198 e. The lowest BCUT2D eigenvalue weighted by atomic mass is 9.99. The van der Waals surface area contributed by atoms with E-state index in [-0.39, 0.29) is 11.8 Å². The maximum atomic E-state index is 8.43. The Balaban J connectivity index is 2.65. The van der Waals surface area contributed by atoms with E-state index in [0.717, 1.165) is 6.42 Å². The van der Waals surface area contributed by atoms with Crippen LogP contribution >= 0.6 is 0 Å². The van der Waals surface area contributed by atoms with Gasteiger partial charge in [0.15, 0.2) is 0 Å². The number of rotatable bonds is 0. The van der Waals surface area contributed by atoms with E-state index in [1.165, 1.54) is 0 Å². The van der Waals surface area contributed by atoms with Gasteiger partial charge in [0.1, 0.15) is 0 Å². The van der Waals surface area contributed by atoms with Crippen LogP contribution in [0.25, 0.3) is 0 Å². The second-order valence-electron chi connectivity index (χ2n) is 2.05. The minimum Gasteiger partial charge on any atom is -0.198 e. The normalized spacial score (nSPS) is 31.3. The van der Waals surface area contributed by atoms with Gasteiger partial charge in [-0.1, -0.05) is 12.2 Å². The summed E-state index contributed by atoms with van der Waals surface area (Å²) in [5, 5.41) is 16.8. The van der Waals surface area contributed by atoms with E-state index in [1.54, 1.807) is 6.08 Å². The van der Waals surface area contributed by atoms with Gasteiger partial charge >= 0.3 is 0 Å². The Morgan fingerprint density at radius 3 is 2.56 bits per heavy atom. The monoisotopic (exact) mass is 118 g/mol. The van der Waals surface area contributed by atoms with Crippen LogP contribution in [0.2, 0.25) is 0 Å². The molecular formula is C7H6N2. The fraction of sp³-hybridized carbons (Fsp3) is 0.429. The summed E-state index contributed by atoms with van der Waals surface area (Å²) in [6, 6.07) is 4.14. The van der Waals surface area contributed by atoms with E-state index in [1.807, 2.05) is 6.08 Å². The zero-order chi connectivity index (χ0) is 6.69. The van der Waals surface area contributed by atoms with Crippen LogP contribution in [-0.2, 0) is 0 Å². The molecule has 0 amide bonds. The maximum Gasteiger partial charge on any atom is 0.0804 e. The van der Waals surface area contributed by atoms with Crippen LogP contribution in [0.1, 0.15) is 6.42 Å².